The molecule has 4 heteroatoms. The van der Waals surface area contributed by atoms with Gasteiger partial charge in [0, 0.05) is 44.5 Å². The zero-order valence-electron chi connectivity index (χ0n) is 30.8. The number of benzene rings is 10. The number of nitrogens with zero attached hydrogens (tertiary/aromatic N) is 3. The van der Waals surface area contributed by atoms with Gasteiger partial charge in [-0.25, -0.2) is 4.98 Å². The maximum Gasteiger partial charge on any atom is 0.227 e. The lowest BCUT2D eigenvalue weighted by Crippen LogP contribution is -2.10. The van der Waals surface area contributed by atoms with Crippen molar-refractivity contribution in [2.24, 2.45) is 0 Å². The van der Waals surface area contributed by atoms with E-state index in [1.807, 2.05) is 30.3 Å². The fourth-order valence-corrected chi connectivity index (χ4v) is 8.89. The molecule has 4 nitrogen and oxygen atoms in total. The van der Waals surface area contributed by atoms with E-state index in [2.05, 4.69) is 179 Å². The Hall–Kier alpha value is -7.69. The van der Waals surface area contributed by atoms with E-state index in [0.717, 1.165) is 61.0 Å². The Balaban J connectivity index is 1.11. The molecule has 2 aromatic heterocycles. The predicted octanol–water partition coefficient (Wildman–Crippen LogP) is 14.7. The molecular formula is C53H33N3O. The van der Waals surface area contributed by atoms with Crippen LogP contribution in [0.4, 0.5) is 17.1 Å². The minimum Gasteiger partial charge on any atom is -0.435 e. The molecule has 0 amide bonds. The number of hydrogen-bond donors (Lipinski definition) is 0. The average Bonchev–Trinajstić information content (AvgIpc) is 3.87. The van der Waals surface area contributed by atoms with Crippen LogP contribution in [0.2, 0.25) is 0 Å². The van der Waals surface area contributed by atoms with E-state index in [4.69, 9.17) is 9.40 Å². The van der Waals surface area contributed by atoms with E-state index < -0.39 is 0 Å². The summed E-state index contributed by atoms with van der Waals surface area (Å²) in [6.45, 7) is 0. The molecule has 0 aliphatic heterocycles. The molecule has 57 heavy (non-hydrogen) atoms. The number of rotatable bonds is 5. The average molecular weight is 728 g/mol. The molecule has 0 radical (unpaired) electrons. The van der Waals surface area contributed by atoms with Gasteiger partial charge in [-0.3, -0.25) is 0 Å². The molecule has 266 valence electrons. The molecule has 2 heterocycles. The zero-order valence-corrected chi connectivity index (χ0v) is 30.8. The van der Waals surface area contributed by atoms with Gasteiger partial charge in [0.25, 0.3) is 0 Å². The molecule has 0 saturated heterocycles. The molecule has 0 saturated carbocycles. The van der Waals surface area contributed by atoms with Crippen LogP contribution in [-0.2, 0) is 0 Å². The lowest BCUT2D eigenvalue weighted by molar-refractivity contribution is 0.623. The second-order valence-electron chi connectivity index (χ2n) is 14.8. The van der Waals surface area contributed by atoms with Gasteiger partial charge in [0.15, 0.2) is 5.58 Å². The van der Waals surface area contributed by atoms with Gasteiger partial charge in [-0.1, -0.05) is 121 Å². The molecule has 10 aromatic carbocycles. The smallest absolute Gasteiger partial charge is 0.227 e. The third-order valence-corrected chi connectivity index (χ3v) is 11.5. The Morgan fingerprint density at radius 3 is 1.84 bits per heavy atom. The summed E-state index contributed by atoms with van der Waals surface area (Å²) in [5.41, 5.74) is 9.32. The first-order chi connectivity index (χ1) is 28.2. The van der Waals surface area contributed by atoms with Crippen LogP contribution in [0.3, 0.4) is 0 Å². The predicted molar refractivity (Wildman–Crippen MR) is 238 cm³/mol. The molecule has 0 aliphatic rings. The minimum absolute atomic E-state index is 0.625. The highest BCUT2D eigenvalue weighted by atomic mass is 16.3. The molecule has 12 aromatic rings. The molecule has 0 N–H and O–H groups in total. The van der Waals surface area contributed by atoms with E-state index in [9.17, 15) is 0 Å². The van der Waals surface area contributed by atoms with Crippen molar-refractivity contribution in [3.63, 3.8) is 0 Å². The van der Waals surface area contributed by atoms with Crippen molar-refractivity contribution in [3.05, 3.63) is 200 Å². The number of hydrogen-bond acceptors (Lipinski definition) is 3. The summed E-state index contributed by atoms with van der Waals surface area (Å²) in [6.07, 6.45) is 0. The van der Waals surface area contributed by atoms with Crippen LogP contribution in [0.15, 0.2) is 205 Å². The molecule has 12 rings (SSSR count). The topological polar surface area (TPSA) is 34.2 Å². The third-order valence-electron chi connectivity index (χ3n) is 11.5. The van der Waals surface area contributed by atoms with Crippen LogP contribution in [0, 0.1) is 0 Å². The molecule has 0 bridgehead atoms. The Kier molecular flexibility index (Phi) is 6.89. The first-order valence-corrected chi connectivity index (χ1v) is 19.4. The molecular weight excluding hydrogens is 695 g/mol. The maximum absolute atomic E-state index is 6.63. The third kappa shape index (κ3) is 4.98. The fraction of sp³-hybridized carbons (Fsp3) is 0. The van der Waals surface area contributed by atoms with Gasteiger partial charge in [0.1, 0.15) is 5.52 Å². The highest BCUT2D eigenvalue weighted by molar-refractivity contribution is 6.19. The highest BCUT2D eigenvalue weighted by Gasteiger charge is 2.20. The van der Waals surface area contributed by atoms with Crippen molar-refractivity contribution in [3.8, 4) is 17.1 Å². The second-order valence-corrected chi connectivity index (χ2v) is 14.8. The van der Waals surface area contributed by atoms with Crippen molar-refractivity contribution in [1.82, 2.24) is 9.55 Å². The molecule has 0 fully saturated rings. The normalized spacial score (nSPS) is 11.9. The number of fused-ring (bicyclic) bond motifs is 11. The van der Waals surface area contributed by atoms with Crippen LogP contribution in [0.5, 0.6) is 0 Å². The zero-order chi connectivity index (χ0) is 37.5. The molecule has 0 aliphatic carbocycles. The summed E-state index contributed by atoms with van der Waals surface area (Å²) in [4.78, 5) is 7.34. The van der Waals surface area contributed by atoms with Crippen LogP contribution >= 0.6 is 0 Å². The molecule has 0 unspecified atom stereocenters. The lowest BCUT2D eigenvalue weighted by Gasteiger charge is -2.27. The number of aromatic nitrogens is 2. The second kappa shape index (κ2) is 12.4. The SMILES string of the molecule is c1ccc(-c2nc3ccc4ccc5ccc(N(c6ccc7c(ccc8ccccc87)c6)c6ccc7c(c6)c6ccccc6n7-c6ccccc6)cc5c4c3o2)cc1. The Labute approximate surface area is 328 Å². The Bertz CT molecular complexity index is 3530. The van der Waals surface area contributed by atoms with Crippen molar-refractivity contribution in [2.45, 2.75) is 0 Å². The van der Waals surface area contributed by atoms with E-state index >= 15 is 0 Å². The van der Waals surface area contributed by atoms with Crippen molar-refractivity contribution in [2.75, 3.05) is 4.90 Å². The van der Waals surface area contributed by atoms with E-state index in [0.29, 0.717) is 5.89 Å². The van der Waals surface area contributed by atoms with Gasteiger partial charge in [0.2, 0.25) is 5.89 Å². The lowest BCUT2D eigenvalue weighted by atomic mass is 9.99. The quantitative estimate of drug-likeness (QED) is 0.166. The van der Waals surface area contributed by atoms with Crippen molar-refractivity contribution >= 4 is 93.1 Å². The number of para-hydroxylation sites is 2. The van der Waals surface area contributed by atoms with E-state index in [-0.39, 0.29) is 0 Å². The standard InChI is InChI=1S/C53H33N3O/c1-3-12-37(13-4-1)53-54-48-29-24-36-21-19-35-23-25-41(32-46(35)51(36)52(48)57-53)55(40-26-28-44-38(31-40)22-20-34-11-7-8-16-43(34)44)42-27-30-50-47(33-42)45-17-9-10-18-49(45)56(50)39-14-5-2-6-15-39/h1-33H. The van der Waals surface area contributed by atoms with Gasteiger partial charge in [-0.2, -0.15) is 0 Å². The fourth-order valence-electron chi connectivity index (χ4n) is 8.89. The van der Waals surface area contributed by atoms with Crippen molar-refractivity contribution in [1.29, 1.82) is 0 Å². The maximum atomic E-state index is 6.63. The summed E-state index contributed by atoms with van der Waals surface area (Å²) >= 11 is 0. The van der Waals surface area contributed by atoms with Gasteiger partial charge in [0.05, 0.1) is 11.0 Å². The Morgan fingerprint density at radius 1 is 0.404 bits per heavy atom. The monoisotopic (exact) mass is 727 g/mol. The largest absolute Gasteiger partial charge is 0.435 e. The highest BCUT2D eigenvalue weighted by Crippen LogP contribution is 2.43. The molecule has 0 atom stereocenters. The van der Waals surface area contributed by atoms with Gasteiger partial charge < -0.3 is 13.9 Å². The Morgan fingerprint density at radius 2 is 0.982 bits per heavy atom. The van der Waals surface area contributed by atoms with Crippen LogP contribution < -0.4 is 4.90 Å². The number of anilines is 3. The van der Waals surface area contributed by atoms with E-state index in [1.54, 1.807) is 0 Å². The summed E-state index contributed by atoms with van der Waals surface area (Å²) in [6, 6.07) is 71.8. The van der Waals surface area contributed by atoms with Crippen molar-refractivity contribution < 1.29 is 4.42 Å². The summed E-state index contributed by atoms with van der Waals surface area (Å²) in [5.74, 6) is 0.625. The van der Waals surface area contributed by atoms with Gasteiger partial charge in [-0.05, 0) is 117 Å². The molecule has 0 spiro atoms. The summed E-state index contributed by atoms with van der Waals surface area (Å²) in [7, 11) is 0. The first-order valence-electron chi connectivity index (χ1n) is 19.4. The van der Waals surface area contributed by atoms with Gasteiger partial charge in [-0.15, -0.1) is 0 Å². The van der Waals surface area contributed by atoms with E-state index in [1.165, 1.54) is 43.4 Å². The number of oxazole rings is 1. The minimum atomic E-state index is 0.625. The van der Waals surface area contributed by atoms with Crippen LogP contribution in [0.1, 0.15) is 0 Å². The summed E-state index contributed by atoms with van der Waals surface area (Å²) in [5, 5.41) is 11.8. The van der Waals surface area contributed by atoms with Crippen LogP contribution in [-0.4, -0.2) is 9.55 Å². The van der Waals surface area contributed by atoms with Gasteiger partial charge >= 0.3 is 0 Å². The first kappa shape index (κ1) is 31.6. The van der Waals surface area contributed by atoms with Crippen LogP contribution in [0.25, 0.3) is 93.1 Å². The summed E-state index contributed by atoms with van der Waals surface area (Å²) < 4.78 is 9.00.